The third kappa shape index (κ3) is 6.22. The molecule has 5 rings (SSSR count). The summed E-state index contributed by atoms with van der Waals surface area (Å²) in [5.41, 5.74) is 3.16. The molecule has 0 saturated heterocycles. The second-order valence-corrected chi connectivity index (χ2v) is 10.9. The Labute approximate surface area is 249 Å². The van der Waals surface area contributed by atoms with E-state index in [-0.39, 0.29) is 30.1 Å². The van der Waals surface area contributed by atoms with Crippen LogP contribution in [-0.2, 0) is 27.1 Å². The summed E-state index contributed by atoms with van der Waals surface area (Å²) < 4.78 is 30.1. The van der Waals surface area contributed by atoms with E-state index in [0.29, 0.717) is 72.3 Å². The molecule has 43 heavy (non-hydrogen) atoms. The molecular weight excluding hydrogens is 549 g/mol. The van der Waals surface area contributed by atoms with Crippen LogP contribution in [0.2, 0.25) is 0 Å². The molecule has 1 atom stereocenters. The Morgan fingerprint density at radius 1 is 1.16 bits per heavy atom. The van der Waals surface area contributed by atoms with Crippen molar-refractivity contribution >= 4 is 11.7 Å². The second kappa shape index (κ2) is 13.3. The van der Waals surface area contributed by atoms with Gasteiger partial charge < -0.3 is 9.47 Å². The lowest BCUT2D eigenvalue weighted by molar-refractivity contribution is -0.160. The lowest BCUT2D eigenvalue weighted by atomic mass is 9.92. The van der Waals surface area contributed by atoms with E-state index in [0.717, 1.165) is 12.1 Å². The van der Waals surface area contributed by atoms with E-state index in [1.54, 1.807) is 53.3 Å². The first-order valence-electron chi connectivity index (χ1n) is 14.9. The highest BCUT2D eigenvalue weighted by Crippen LogP contribution is 2.32. The third-order valence-electron chi connectivity index (χ3n) is 8.12. The maximum absolute atomic E-state index is 15.6. The molecular formula is C33H36FN5O4. The van der Waals surface area contributed by atoms with Crippen LogP contribution in [0.3, 0.4) is 0 Å². The number of ether oxygens (including phenoxy) is 2. The van der Waals surface area contributed by atoms with Gasteiger partial charge in [0.05, 0.1) is 30.0 Å². The van der Waals surface area contributed by atoms with Crippen molar-refractivity contribution in [1.29, 1.82) is 5.26 Å². The Morgan fingerprint density at radius 3 is 2.63 bits per heavy atom. The van der Waals surface area contributed by atoms with E-state index in [9.17, 15) is 14.9 Å². The number of benzene rings is 2. The zero-order valence-corrected chi connectivity index (χ0v) is 24.8. The number of halogens is 1. The minimum atomic E-state index is -0.651. The number of nitrogens with zero attached hydrogens (tertiary/aromatic N) is 5. The largest absolute Gasteiger partial charge is 0.464 e. The number of carbonyl (C=O) groups is 1. The average molecular weight is 586 g/mol. The van der Waals surface area contributed by atoms with Crippen molar-refractivity contribution in [3.05, 3.63) is 87.3 Å². The van der Waals surface area contributed by atoms with Crippen molar-refractivity contribution in [1.82, 2.24) is 19.2 Å². The lowest BCUT2D eigenvalue weighted by Crippen LogP contribution is -2.36. The highest BCUT2D eigenvalue weighted by atomic mass is 19.1. The number of aryl methyl sites for hydroxylation is 1. The maximum Gasteiger partial charge on any atom is 0.334 e. The zero-order chi connectivity index (χ0) is 30.5. The number of aromatic nitrogens is 4. The quantitative estimate of drug-likeness (QED) is 0.224. The predicted octanol–water partition coefficient (Wildman–Crippen LogP) is 5.56. The molecule has 0 aliphatic heterocycles. The smallest absolute Gasteiger partial charge is 0.334 e. The van der Waals surface area contributed by atoms with Crippen LogP contribution < -0.4 is 5.56 Å². The van der Waals surface area contributed by atoms with Crippen LogP contribution in [-0.4, -0.2) is 43.9 Å². The number of rotatable bonds is 10. The summed E-state index contributed by atoms with van der Waals surface area (Å²) in [6.07, 6.45) is 4.83. The maximum atomic E-state index is 15.6. The number of hydrogen-bond donors (Lipinski definition) is 0. The van der Waals surface area contributed by atoms with Gasteiger partial charge in [0.25, 0.3) is 5.56 Å². The van der Waals surface area contributed by atoms with Crippen molar-refractivity contribution in [3.63, 3.8) is 0 Å². The molecule has 1 fully saturated rings. The van der Waals surface area contributed by atoms with Gasteiger partial charge in [0.15, 0.2) is 6.10 Å². The molecule has 1 saturated carbocycles. The molecule has 0 radical (unpaired) electrons. The van der Waals surface area contributed by atoms with Gasteiger partial charge in [0, 0.05) is 18.0 Å². The molecule has 1 aliphatic rings. The van der Waals surface area contributed by atoms with E-state index >= 15 is 4.39 Å². The minimum absolute atomic E-state index is 0.103. The van der Waals surface area contributed by atoms with Crippen LogP contribution in [0, 0.1) is 17.1 Å². The fourth-order valence-corrected chi connectivity index (χ4v) is 6.00. The molecule has 2 aromatic heterocycles. The Balaban J connectivity index is 1.46. The van der Waals surface area contributed by atoms with Gasteiger partial charge in [-0.15, -0.1) is 0 Å². The number of hydrogen-bond acceptors (Lipinski definition) is 7. The van der Waals surface area contributed by atoms with Crippen molar-refractivity contribution in [3.8, 4) is 17.2 Å². The van der Waals surface area contributed by atoms with Crippen LogP contribution in [0.4, 0.5) is 4.39 Å². The van der Waals surface area contributed by atoms with Gasteiger partial charge in [-0.2, -0.15) is 15.3 Å². The standard InChI is InChI=1S/C33H36FN5O4/c1-4-8-30-28(17-23-12-11-22(18-29(23)34)27-10-7-6-9-24(27)19-35)31(40)38(33-36-20-37-39(30)33)25-13-15-26(16-14-25)43-21(3)32(41)42-5-2/h6-7,9-12,18,20-21,25-26H,4-5,8,13-17H2,1-3H3/t21?,25-,26-. The van der Waals surface area contributed by atoms with Gasteiger partial charge in [0.1, 0.15) is 12.1 Å². The molecule has 2 aromatic carbocycles. The summed E-state index contributed by atoms with van der Waals surface area (Å²) in [4.78, 5) is 30.7. The first-order chi connectivity index (χ1) is 20.9. The van der Waals surface area contributed by atoms with Gasteiger partial charge in [-0.3, -0.25) is 9.36 Å². The first-order valence-corrected chi connectivity index (χ1v) is 14.9. The number of fused-ring (bicyclic) bond motifs is 1. The molecule has 0 N–H and O–H groups in total. The van der Waals surface area contributed by atoms with Gasteiger partial charge >= 0.3 is 5.97 Å². The van der Waals surface area contributed by atoms with E-state index in [1.165, 1.54) is 12.4 Å². The third-order valence-corrected chi connectivity index (χ3v) is 8.12. The Hall–Kier alpha value is -4.36. The Morgan fingerprint density at radius 2 is 1.93 bits per heavy atom. The second-order valence-electron chi connectivity index (χ2n) is 10.9. The Bertz CT molecular complexity index is 1710. The van der Waals surface area contributed by atoms with Gasteiger partial charge in [-0.05, 0) is 74.8 Å². The van der Waals surface area contributed by atoms with E-state index in [2.05, 4.69) is 16.2 Å². The van der Waals surface area contributed by atoms with Crippen LogP contribution in [0.25, 0.3) is 16.9 Å². The topological polar surface area (TPSA) is 112 Å². The zero-order valence-electron chi connectivity index (χ0n) is 24.8. The van der Waals surface area contributed by atoms with Crippen LogP contribution in [0.5, 0.6) is 0 Å². The molecule has 2 heterocycles. The monoisotopic (exact) mass is 585 g/mol. The molecule has 1 aliphatic carbocycles. The summed E-state index contributed by atoms with van der Waals surface area (Å²) >= 11 is 0. The van der Waals surface area contributed by atoms with E-state index < -0.39 is 11.9 Å². The van der Waals surface area contributed by atoms with E-state index in [4.69, 9.17) is 9.47 Å². The highest BCUT2D eigenvalue weighted by Gasteiger charge is 2.30. The van der Waals surface area contributed by atoms with Gasteiger partial charge in [0.2, 0.25) is 5.78 Å². The molecule has 10 heteroatoms. The molecule has 0 spiro atoms. The summed E-state index contributed by atoms with van der Waals surface area (Å²) in [5.74, 6) is -0.340. The summed E-state index contributed by atoms with van der Waals surface area (Å²) in [6, 6.07) is 14.0. The SMILES string of the molecule is CCCc1c(Cc2ccc(-c3ccccc3C#N)cc2F)c(=O)n([C@H]2CC[C@H](OC(C)C(=O)OCC)CC2)c2ncnn12. The lowest BCUT2D eigenvalue weighted by Gasteiger charge is -2.31. The van der Waals surface area contributed by atoms with Crippen molar-refractivity contribution in [2.75, 3.05) is 6.61 Å². The minimum Gasteiger partial charge on any atom is -0.464 e. The first kappa shape index (κ1) is 30.1. The van der Waals surface area contributed by atoms with Crippen molar-refractivity contribution in [2.45, 2.75) is 84.0 Å². The highest BCUT2D eigenvalue weighted by molar-refractivity contribution is 5.74. The normalized spacial score (nSPS) is 17.5. The van der Waals surface area contributed by atoms with Crippen molar-refractivity contribution < 1.29 is 18.7 Å². The van der Waals surface area contributed by atoms with Gasteiger partial charge in [-0.1, -0.05) is 43.7 Å². The van der Waals surface area contributed by atoms with E-state index in [1.807, 2.05) is 13.0 Å². The molecule has 0 amide bonds. The predicted molar refractivity (Wildman–Crippen MR) is 159 cm³/mol. The molecule has 9 nitrogen and oxygen atoms in total. The Kier molecular flexibility index (Phi) is 9.31. The van der Waals surface area contributed by atoms with Crippen LogP contribution in [0.1, 0.15) is 81.3 Å². The summed E-state index contributed by atoms with van der Waals surface area (Å²) in [5, 5.41) is 14.0. The average Bonchev–Trinajstić information content (AvgIpc) is 3.50. The number of carbonyl (C=O) groups excluding carboxylic acids is 1. The molecule has 1 unspecified atom stereocenters. The fraction of sp³-hybridized carbons (Fsp3) is 0.424. The number of nitriles is 1. The van der Waals surface area contributed by atoms with Crippen LogP contribution in [0.15, 0.2) is 53.6 Å². The molecule has 0 bridgehead atoms. The van der Waals surface area contributed by atoms with Crippen LogP contribution >= 0.6 is 0 Å². The van der Waals surface area contributed by atoms with Gasteiger partial charge in [-0.25, -0.2) is 13.7 Å². The molecule has 4 aromatic rings. The summed E-state index contributed by atoms with van der Waals surface area (Å²) in [7, 11) is 0. The fourth-order valence-electron chi connectivity index (χ4n) is 6.00. The molecule has 224 valence electrons. The summed E-state index contributed by atoms with van der Waals surface area (Å²) in [6.45, 7) is 5.79. The van der Waals surface area contributed by atoms with Crippen molar-refractivity contribution in [2.24, 2.45) is 0 Å². The number of esters is 1.